The number of amides is 1. The predicted molar refractivity (Wildman–Crippen MR) is 71.8 cm³/mol. The molecule has 1 aromatic rings. The lowest BCUT2D eigenvalue weighted by molar-refractivity contribution is -0.118. The van der Waals surface area contributed by atoms with E-state index in [1.165, 1.54) is 0 Å². The minimum atomic E-state index is -0.453. The minimum absolute atomic E-state index is 0.204. The Balaban J connectivity index is 2.09. The summed E-state index contributed by atoms with van der Waals surface area (Å²) in [6.45, 7) is 2.07. The van der Waals surface area contributed by atoms with Crippen LogP contribution in [0.4, 0.5) is 5.69 Å². The third kappa shape index (κ3) is 2.53. The molecule has 0 saturated heterocycles. The van der Waals surface area contributed by atoms with Crippen molar-refractivity contribution in [3.63, 3.8) is 0 Å². The smallest absolute Gasteiger partial charge is 0.234 e. The van der Waals surface area contributed by atoms with Gasteiger partial charge in [0.25, 0.3) is 0 Å². The fourth-order valence-electron chi connectivity index (χ4n) is 1.72. The van der Waals surface area contributed by atoms with Gasteiger partial charge in [0.2, 0.25) is 12.7 Å². The van der Waals surface area contributed by atoms with Gasteiger partial charge < -0.3 is 20.5 Å². The van der Waals surface area contributed by atoms with Crippen molar-refractivity contribution in [2.45, 2.75) is 13.3 Å². The highest BCUT2D eigenvalue weighted by Gasteiger charge is 2.20. The molecule has 0 saturated carbocycles. The van der Waals surface area contributed by atoms with Crippen LogP contribution >= 0.6 is 12.2 Å². The maximum atomic E-state index is 11.9. The first-order chi connectivity index (χ1) is 8.61. The van der Waals surface area contributed by atoms with Crippen molar-refractivity contribution in [1.82, 2.24) is 0 Å². The molecule has 96 valence electrons. The molecule has 2 rings (SSSR count). The summed E-state index contributed by atoms with van der Waals surface area (Å²) >= 11 is 4.86. The van der Waals surface area contributed by atoms with Crippen LogP contribution in [0, 0.1) is 5.92 Å². The molecule has 0 spiro atoms. The van der Waals surface area contributed by atoms with Crippen molar-refractivity contribution in [3.8, 4) is 11.5 Å². The van der Waals surface area contributed by atoms with Crippen LogP contribution in [0.25, 0.3) is 0 Å². The van der Waals surface area contributed by atoms with Gasteiger partial charge in [0.05, 0.1) is 10.9 Å². The highest BCUT2D eigenvalue weighted by Crippen LogP contribution is 2.34. The van der Waals surface area contributed by atoms with E-state index in [0.717, 1.165) is 0 Å². The van der Waals surface area contributed by atoms with Gasteiger partial charge in [0, 0.05) is 11.8 Å². The maximum Gasteiger partial charge on any atom is 0.234 e. The van der Waals surface area contributed by atoms with Gasteiger partial charge >= 0.3 is 0 Å². The molecule has 0 radical (unpaired) electrons. The van der Waals surface area contributed by atoms with Gasteiger partial charge in [-0.05, 0) is 18.6 Å². The van der Waals surface area contributed by atoms with Crippen molar-refractivity contribution in [2.75, 3.05) is 12.1 Å². The summed E-state index contributed by atoms with van der Waals surface area (Å²) in [6, 6.07) is 5.21. The monoisotopic (exact) mass is 266 g/mol. The number of fused-ring (bicyclic) bond motifs is 1. The van der Waals surface area contributed by atoms with E-state index in [9.17, 15) is 4.79 Å². The molecule has 1 unspecified atom stereocenters. The molecule has 3 N–H and O–H groups in total. The molecule has 0 aromatic heterocycles. The molecule has 5 nitrogen and oxygen atoms in total. The molecule has 1 aromatic carbocycles. The Labute approximate surface area is 110 Å². The molecule has 6 heteroatoms. The van der Waals surface area contributed by atoms with Crippen LogP contribution in [0.15, 0.2) is 18.2 Å². The van der Waals surface area contributed by atoms with Crippen LogP contribution < -0.4 is 20.5 Å². The number of nitrogens with one attached hydrogen (secondary N) is 1. The third-order valence-corrected chi connectivity index (χ3v) is 2.99. The minimum Gasteiger partial charge on any atom is -0.454 e. The Bertz CT molecular complexity index is 490. The summed E-state index contributed by atoms with van der Waals surface area (Å²) in [5, 5.41) is 2.76. The van der Waals surface area contributed by atoms with Crippen LogP contribution in [0.2, 0.25) is 0 Å². The van der Waals surface area contributed by atoms with Crippen LogP contribution in [-0.4, -0.2) is 17.7 Å². The zero-order valence-corrected chi connectivity index (χ0v) is 10.8. The van der Waals surface area contributed by atoms with E-state index in [1.807, 2.05) is 6.92 Å². The van der Waals surface area contributed by atoms with Gasteiger partial charge in [-0.2, -0.15) is 0 Å². The number of rotatable bonds is 4. The number of anilines is 1. The van der Waals surface area contributed by atoms with Gasteiger partial charge in [0.15, 0.2) is 11.5 Å². The first-order valence-electron chi connectivity index (χ1n) is 5.61. The summed E-state index contributed by atoms with van der Waals surface area (Å²) in [7, 11) is 0. The number of thiocarbonyl (C=S) groups is 1. The number of hydrogen-bond donors (Lipinski definition) is 2. The number of benzene rings is 1. The second kappa shape index (κ2) is 5.22. The Morgan fingerprint density at radius 3 is 2.89 bits per heavy atom. The zero-order chi connectivity index (χ0) is 13.1. The molecular weight excluding hydrogens is 252 g/mol. The molecule has 0 aliphatic carbocycles. The van der Waals surface area contributed by atoms with Crippen molar-refractivity contribution in [2.24, 2.45) is 11.7 Å². The second-order valence-corrected chi connectivity index (χ2v) is 4.39. The fourth-order valence-corrected chi connectivity index (χ4v) is 1.99. The summed E-state index contributed by atoms with van der Waals surface area (Å²) in [4.78, 5) is 12.1. The fraction of sp³-hybridized carbons (Fsp3) is 0.333. The van der Waals surface area contributed by atoms with Gasteiger partial charge in [-0.3, -0.25) is 4.79 Å². The molecule has 18 heavy (non-hydrogen) atoms. The molecule has 1 aliphatic rings. The number of carbonyl (C=O) groups is 1. The summed E-state index contributed by atoms with van der Waals surface area (Å²) in [5.41, 5.74) is 6.16. The average Bonchev–Trinajstić information content (AvgIpc) is 2.76. The van der Waals surface area contributed by atoms with Crippen LogP contribution in [0.5, 0.6) is 11.5 Å². The normalized spacial score (nSPS) is 14.1. The van der Waals surface area contributed by atoms with Gasteiger partial charge in [-0.25, -0.2) is 0 Å². The van der Waals surface area contributed by atoms with E-state index in [-0.39, 0.29) is 17.7 Å². The molecule has 0 fully saturated rings. The summed E-state index contributed by atoms with van der Waals surface area (Å²) in [6.07, 6.45) is 0.575. The van der Waals surface area contributed by atoms with Gasteiger partial charge in [-0.1, -0.05) is 19.1 Å². The summed E-state index contributed by atoms with van der Waals surface area (Å²) < 4.78 is 10.4. The second-order valence-electron chi connectivity index (χ2n) is 3.92. The number of hydrogen-bond acceptors (Lipinski definition) is 4. The van der Waals surface area contributed by atoms with Crippen LogP contribution in [0.1, 0.15) is 13.3 Å². The Kier molecular flexibility index (Phi) is 3.66. The lowest BCUT2D eigenvalue weighted by atomic mass is 10.1. The Hall–Kier alpha value is -1.82. The lowest BCUT2D eigenvalue weighted by Crippen LogP contribution is -2.32. The Morgan fingerprint density at radius 2 is 2.22 bits per heavy atom. The van der Waals surface area contributed by atoms with E-state index < -0.39 is 5.92 Å². The highest BCUT2D eigenvalue weighted by molar-refractivity contribution is 7.80. The van der Waals surface area contributed by atoms with Gasteiger partial charge in [-0.15, -0.1) is 0 Å². The van der Waals surface area contributed by atoms with Crippen molar-refractivity contribution >= 4 is 28.8 Å². The third-order valence-electron chi connectivity index (χ3n) is 2.71. The van der Waals surface area contributed by atoms with Crippen LogP contribution in [-0.2, 0) is 4.79 Å². The maximum absolute atomic E-state index is 11.9. The van der Waals surface area contributed by atoms with Crippen molar-refractivity contribution in [1.29, 1.82) is 0 Å². The first kappa shape index (κ1) is 12.6. The zero-order valence-electron chi connectivity index (χ0n) is 9.93. The molecular formula is C12H14N2O3S. The molecule has 1 aliphatic heterocycles. The van der Waals surface area contributed by atoms with Crippen LogP contribution in [0.3, 0.4) is 0 Å². The van der Waals surface area contributed by atoms with E-state index in [4.69, 9.17) is 27.4 Å². The molecule has 0 bridgehead atoms. The molecule has 1 amide bonds. The predicted octanol–water partition coefficient (Wildman–Crippen LogP) is 1.67. The molecule has 1 heterocycles. The highest BCUT2D eigenvalue weighted by atomic mass is 32.1. The van der Waals surface area contributed by atoms with E-state index in [0.29, 0.717) is 23.6 Å². The quantitative estimate of drug-likeness (QED) is 0.811. The van der Waals surface area contributed by atoms with Gasteiger partial charge in [0.1, 0.15) is 0 Å². The van der Waals surface area contributed by atoms with E-state index in [1.54, 1.807) is 18.2 Å². The van der Waals surface area contributed by atoms with Crippen molar-refractivity contribution < 1.29 is 14.3 Å². The first-order valence-corrected chi connectivity index (χ1v) is 6.02. The van der Waals surface area contributed by atoms with Crippen molar-refractivity contribution in [3.05, 3.63) is 18.2 Å². The number of nitrogens with two attached hydrogens (primary N) is 1. The number of ether oxygens (including phenoxy) is 2. The lowest BCUT2D eigenvalue weighted by Gasteiger charge is -2.13. The summed E-state index contributed by atoms with van der Waals surface area (Å²) in [5.74, 6) is 0.639. The van der Waals surface area contributed by atoms with E-state index >= 15 is 0 Å². The largest absolute Gasteiger partial charge is 0.454 e. The Morgan fingerprint density at radius 1 is 1.50 bits per heavy atom. The SMILES string of the molecule is CCC(C(=O)Nc1ccc2c(c1)OCO2)C(N)=S. The average molecular weight is 266 g/mol. The molecule has 1 atom stereocenters. The topological polar surface area (TPSA) is 73.6 Å². The van der Waals surface area contributed by atoms with E-state index in [2.05, 4.69) is 5.32 Å². The standard InChI is InChI=1S/C12H14N2O3S/c1-2-8(11(13)18)12(15)14-7-3-4-9-10(5-7)17-6-16-9/h3-5,8H,2,6H2,1H3,(H2,13,18)(H,14,15). The number of carbonyl (C=O) groups excluding carboxylic acids is 1.